The molecule has 0 aromatic heterocycles. The summed E-state index contributed by atoms with van der Waals surface area (Å²) in [6.07, 6.45) is 3.17. The van der Waals surface area contributed by atoms with Gasteiger partial charge in [0, 0.05) is 22.5 Å². The van der Waals surface area contributed by atoms with Crippen LogP contribution < -0.4 is 5.32 Å². The minimum atomic E-state index is -0.534. The first-order valence-electron chi connectivity index (χ1n) is 8.20. The molecular weight excluding hydrogens is 382 g/mol. The molecule has 136 valence electrons. The maximum absolute atomic E-state index is 12.6. The molecule has 1 unspecified atom stereocenters. The van der Waals surface area contributed by atoms with Crippen LogP contribution in [0.25, 0.3) is 6.08 Å². The van der Waals surface area contributed by atoms with Gasteiger partial charge in [0.15, 0.2) is 0 Å². The van der Waals surface area contributed by atoms with Crippen LogP contribution in [0.15, 0.2) is 54.6 Å². The molecule has 1 fully saturated rings. The van der Waals surface area contributed by atoms with E-state index in [1.165, 1.54) is 17.8 Å². The van der Waals surface area contributed by atoms with Gasteiger partial charge >= 0.3 is 0 Å². The summed E-state index contributed by atoms with van der Waals surface area (Å²) in [5.74, 6) is 0.561. The second kappa shape index (κ2) is 8.76. The van der Waals surface area contributed by atoms with Crippen molar-refractivity contribution in [3.8, 4) is 6.07 Å². The Morgan fingerprint density at radius 1 is 1.19 bits per heavy atom. The Bertz CT molecular complexity index is 904. The van der Waals surface area contributed by atoms with Crippen molar-refractivity contribution < 1.29 is 9.59 Å². The van der Waals surface area contributed by atoms with Gasteiger partial charge in [-0.2, -0.15) is 5.26 Å². The van der Waals surface area contributed by atoms with Gasteiger partial charge in [-0.15, -0.1) is 11.8 Å². The fraction of sp³-hybridized carbons (Fsp3) is 0.150. The molecular formula is C20H16ClN3O2S. The highest BCUT2D eigenvalue weighted by Gasteiger charge is 2.33. The van der Waals surface area contributed by atoms with Crippen LogP contribution in [0.4, 0.5) is 5.69 Å². The third kappa shape index (κ3) is 4.91. The van der Waals surface area contributed by atoms with Crippen molar-refractivity contribution in [2.75, 3.05) is 16.9 Å². The SMILES string of the molecule is N#Cc1ccc(NC(=O)C2CSCN2C(=O)C=Cc2ccc(Cl)cc2)cc1. The molecule has 1 aliphatic rings. The van der Waals surface area contributed by atoms with Gasteiger partial charge in [0.05, 0.1) is 17.5 Å². The van der Waals surface area contributed by atoms with Gasteiger partial charge in [-0.1, -0.05) is 23.7 Å². The van der Waals surface area contributed by atoms with Crippen LogP contribution in [0.2, 0.25) is 5.02 Å². The Morgan fingerprint density at radius 3 is 2.56 bits per heavy atom. The fourth-order valence-corrected chi connectivity index (χ4v) is 3.86. The highest BCUT2D eigenvalue weighted by atomic mass is 35.5. The minimum Gasteiger partial charge on any atom is -0.324 e. The number of anilines is 1. The Balaban J connectivity index is 1.64. The van der Waals surface area contributed by atoms with E-state index in [0.717, 1.165) is 5.56 Å². The Morgan fingerprint density at radius 2 is 1.89 bits per heavy atom. The maximum Gasteiger partial charge on any atom is 0.248 e. The number of carbonyl (C=O) groups is 2. The van der Waals surface area contributed by atoms with Gasteiger partial charge in [0.25, 0.3) is 0 Å². The molecule has 5 nitrogen and oxygen atoms in total. The summed E-state index contributed by atoms with van der Waals surface area (Å²) in [6, 6.07) is 15.3. The Kier molecular flexibility index (Phi) is 6.17. The number of rotatable bonds is 4. The minimum absolute atomic E-state index is 0.213. The molecule has 0 spiro atoms. The number of carbonyl (C=O) groups excluding carboxylic acids is 2. The Hall–Kier alpha value is -2.75. The van der Waals surface area contributed by atoms with Crippen molar-refractivity contribution >= 4 is 46.9 Å². The number of benzene rings is 2. The molecule has 7 heteroatoms. The second-order valence-electron chi connectivity index (χ2n) is 5.89. The van der Waals surface area contributed by atoms with Gasteiger partial charge in [-0.3, -0.25) is 9.59 Å². The predicted molar refractivity (Wildman–Crippen MR) is 108 cm³/mol. The smallest absolute Gasteiger partial charge is 0.248 e. The Labute approximate surface area is 166 Å². The standard InChI is InChI=1S/C20H16ClN3O2S/c21-16-6-1-14(2-7-16)5-10-19(25)24-13-27-12-18(24)20(26)23-17-8-3-15(11-22)4-9-17/h1-10,18H,12-13H2,(H,23,26). The molecule has 1 atom stereocenters. The molecule has 1 aliphatic heterocycles. The van der Waals surface area contributed by atoms with Crippen LogP contribution in [-0.2, 0) is 9.59 Å². The van der Waals surface area contributed by atoms with Crippen molar-refractivity contribution in [3.05, 3.63) is 70.8 Å². The predicted octanol–water partition coefficient (Wildman–Crippen LogP) is 3.77. The van der Waals surface area contributed by atoms with E-state index in [9.17, 15) is 9.59 Å². The number of amides is 2. The molecule has 2 amide bonds. The first kappa shape index (κ1) is 19.0. The highest BCUT2D eigenvalue weighted by Crippen LogP contribution is 2.23. The zero-order valence-electron chi connectivity index (χ0n) is 14.3. The van der Waals surface area contributed by atoms with E-state index in [0.29, 0.717) is 27.9 Å². The lowest BCUT2D eigenvalue weighted by molar-refractivity contribution is -0.132. The molecule has 1 N–H and O–H groups in total. The van der Waals surface area contributed by atoms with E-state index in [2.05, 4.69) is 5.32 Å². The van der Waals surface area contributed by atoms with E-state index >= 15 is 0 Å². The molecule has 1 saturated heterocycles. The van der Waals surface area contributed by atoms with E-state index in [-0.39, 0.29) is 11.8 Å². The molecule has 1 heterocycles. The van der Waals surface area contributed by atoms with Gasteiger partial charge in [0.1, 0.15) is 6.04 Å². The lowest BCUT2D eigenvalue weighted by atomic mass is 10.2. The van der Waals surface area contributed by atoms with E-state index in [1.807, 2.05) is 18.2 Å². The fourth-order valence-electron chi connectivity index (χ4n) is 2.57. The average Bonchev–Trinajstić information content (AvgIpc) is 3.18. The van der Waals surface area contributed by atoms with Crippen LogP contribution in [0.3, 0.4) is 0 Å². The van der Waals surface area contributed by atoms with Crippen LogP contribution in [0.5, 0.6) is 0 Å². The average molecular weight is 398 g/mol. The first-order valence-corrected chi connectivity index (χ1v) is 9.73. The number of nitriles is 1. The van der Waals surface area contributed by atoms with E-state index < -0.39 is 6.04 Å². The summed E-state index contributed by atoms with van der Waals surface area (Å²) in [4.78, 5) is 26.6. The number of nitrogens with one attached hydrogen (secondary N) is 1. The quantitative estimate of drug-likeness (QED) is 0.797. The second-order valence-corrected chi connectivity index (χ2v) is 7.32. The van der Waals surface area contributed by atoms with Crippen molar-refractivity contribution in [3.63, 3.8) is 0 Å². The molecule has 0 saturated carbocycles. The van der Waals surface area contributed by atoms with Crippen LogP contribution in [0, 0.1) is 11.3 Å². The van der Waals surface area contributed by atoms with E-state index in [4.69, 9.17) is 16.9 Å². The summed E-state index contributed by atoms with van der Waals surface area (Å²) in [5.41, 5.74) is 1.98. The summed E-state index contributed by atoms with van der Waals surface area (Å²) in [7, 11) is 0. The molecule has 2 aromatic rings. The van der Waals surface area contributed by atoms with E-state index in [1.54, 1.807) is 47.4 Å². The van der Waals surface area contributed by atoms with Gasteiger partial charge < -0.3 is 10.2 Å². The lowest BCUT2D eigenvalue weighted by Gasteiger charge is -2.21. The van der Waals surface area contributed by atoms with Crippen molar-refractivity contribution in [1.82, 2.24) is 4.90 Å². The molecule has 0 bridgehead atoms. The number of nitrogens with zero attached hydrogens (tertiary/aromatic N) is 2. The van der Waals surface area contributed by atoms with Gasteiger partial charge in [-0.05, 0) is 48.0 Å². The summed E-state index contributed by atoms with van der Waals surface area (Å²) in [5, 5.41) is 12.3. The highest BCUT2D eigenvalue weighted by molar-refractivity contribution is 7.99. The molecule has 2 aromatic carbocycles. The number of hydrogen-bond acceptors (Lipinski definition) is 4. The summed E-state index contributed by atoms with van der Waals surface area (Å²) < 4.78 is 0. The van der Waals surface area contributed by atoms with Crippen molar-refractivity contribution in [2.45, 2.75) is 6.04 Å². The normalized spacial score (nSPS) is 16.3. The van der Waals surface area contributed by atoms with Crippen LogP contribution >= 0.6 is 23.4 Å². The van der Waals surface area contributed by atoms with Crippen LogP contribution in [0.1, 0.15) is 11.1 Å². The summed E-state index contributed by atoms with van der Waals surface area (Å²) in [6.45, 7) is 0. The van der Waals surface area contributed by atoms with Crippen LogP contribution in [-0.4, -0.2) is 34.4 Å². The third-order valence-corrected chi connectivity index (χ3v) is 5.30. The lowest BCUT2D eigenvalue weighted by Crippen LogP contribution is -2.43. The van der Waals surface area contributed by atoms with Crippen molar-refractivity contribution in [1.29, 1.82) is 5.26 Å². The van der Waals surface area contributed by atoms with Gasteiger partial charge in [-0.25, -0.2) is 0 Å². The molecule has 0 aliphatic carbocycles. The molecule has 27 heavy (non-hydrogen) atoms. The van der Waals surface area contributed by atoms with Gasteiger partial charge in [0.2, 0.25) is 11.8 Å². The number of halogens is 1. The molecule has 3 rings (SSSR count). The van der Waals surface area contributed by atoms with Crippen molar-refractivity contribution in [2.24, 2.45) is 0 Å². The monoisotopic (exact) mass is 397 g/mol. The third-order valence-electron chi connectivity index (χ3n) is 4.04. The largest absolute Gasteiger partial charge is 0.324 e. The maximum atomic E-state index is 12.6. The topological polar surface area (TPSA) is 73.2 Å². The number of thioether (sulfide) groups is 1. The molecule has 0 radical (unpaired) electrons. The zero-order valence-corrected chi connectivity index (χ0v) is 15.8. The number of hydrogen-bond donors (Lipinski definition) is 1. The zero-order chi connectivity index (χ0) is 19.2. The summed E-state index contributed by atoms with van der Waals surface area (Å²) >= 11 is 7.39. The first-order chi connectivity index (χ1) is 13.1.